The largest absolute Gasteiger partial charge is 0.378 e. The maximum atomic E-state index is 12.3. The third-order valence-electron chi connectivity index (χ3n) is 3.87. The molecule has 1 aromatic rings. The van der Waals surface area contributed by atoms with E-state index in [0.29, 0.717) is 36.9 Å². The SMILES string of the molecule is Cc1cc(Cl)c(C(=O)N[C@H](C)C(=O)N2CCOCC2)cc1C. The molecule has 2 amide bonds. The van der Waals surface area contributed by atoms with E-state index in [0.717, 1.165) is 11.1 Å². The fourth-order valence-corrected chi connectivity index (χ4v) is 2.65. The smallest absolute Gasteiger partial charge is 0.253 e. The Kier molecular flexibility index (Phi) is 5.42. The number of hydrogen-bond donors (Lipinski definition) is 1. The Labute approximate surface area is 135 Å². The van der Waals surface area contributed by atoms with Crippen LogP contribution in [0.4, 0.5) is 0 Å². The fourth-order valence-electron chi connectivity index (χ4n) is 2.35. The molecule has 1 N–H and O–H groups in total. The average Bonchev–Trinajstić information content (AvgIpc) is 2.50. The summed E-state index contributed by atoms with van der Waals surface area (Å²) in [6, 6.07) is 2.92. The predicted octanol–water partition coefficient (Wildman–Crippen LogP) is 1.93. The van der Waals surface area contributed by atoms with Gasteiger partial charge in [0, 0.05) is 13.1 Å². The summed E-state index contributed by atoms with van der Waals surface area (Å²) in [5.74, 6) is -0.432. The molecule has 0 saturated carbocycles. The Balaban J connectivity index is 2.04. The zero-order valence-electron chi connectivity index (χ0n) is 13.1. The van der Waals surface area contributed by atoms with Crippen LogP contribution in [0.2, 0.25) is 5.02 Å². The minimum absolute atomic E-state index is 0.100. The highest BCUT2D eigenvalue weighted by Crippen LogP contribution is 2.21. The lowest BCUT2D eigenvalue weighted by atomic mass is 10.1. The molecule has 0 aromatic heterocycles. The van der Waals surface area contributed by atoms with E-state index >= 15 is 0 Å². The van der Waals surface area contributed by atoms with Gasteiger partial charge in [-0.05, 0) is 44.0 Å². The second-order valence-corrected chi connectivity index (χ2v) is 5.96. The van der Waals surface area contributed by atoms with Crippen LogP contribution < -0.4 is 5.32 Å². The average molecular weight is 325 g/mol. The van der Waals surface area contributed by atoms with Gasteiger partial charge in [0.1, 0.15) is 6.04 Å². The molecule has 0 unspecified atom stereocenters. The highest BCUT2D eigenvalue weighted by Gasteiger charge is 2.24. The molecule has 0 radical (unpaired) electrons. The third kappa shape index (κ3) is 3.78. The maximum Gasteiger partial charge on any atom is 0.253 e. The van der Waals surface area contributed by atoms with E-state index in [1.54, 1.807) is 24.0 Å². The Bertz CT molecular complexity index is 583. The van der Waals surface area contributed by atoms with Gasteiger partial charge in [-0.1, -0.05) is 11.6 Å². The molecule has 22 heavy (non-hydrogen) atoms. The molecular formula is C16H21ClN2O3. The molecule has 6 heteroatoms. The summed E-state index contributed by atoms with van der Waals surface area (Å²) in [6.45, 7) is 7.74. The van der Waals surface area contributed by atoms with Crippen molar-refractivity contribution in [3.8, 4) is 0 Å². The van der Waals surface area contributed by atoms with Crippen molar-refractivity contribution in [1.29, 1.82) is 0 Å². The van der Waals surface area contributed by atoms with E-state index in [4.69, 9.17) is 16.3 Å². The third-order valence-corrected chi connectivity index (χ3v) is 4.18. The van der Waals surface area contributed by atoms with E-state index in [9.17, 15) is 9.59 Å². The molecule has 1 aromatic carbocycles. The number of nitrogens with zero attached hydrogens (tertiary/aromatic N) is 1. The molecule has 1 saturated heterocycles. The van der Waals surface area contributed by atoms with Gasteiger partial charge in [0.2, 0.25) is 5.91 Å². The summed E-state index contributed by atoms with van der Waals surface area (Å²) in [4.78, 5) is 26.3. The first-order valence-electron chi connectivity index (χ1n) is 7.34. The fraction of sp³-hybridized carbons (Fsp3) is 0.500. The number of morpholine rings is 1. The van der Waals surface area contributed by atoms with Crippen molar-refractivity contribution in [2.45, 2.75) is 26.8 Å². The van der Waals surface area contributed by atoms with Crippen LogP contribution >= 0.6 is 11.6 Å². The van der Waals surface area contributed by atoms with Gasteiger partial charge in [-0.3, -0.25) is 9.59 Å². The maximum absolute atomic E-state index is 12.3. The summed E-state index contributed by atoms with van der Waals surface area (Å²) >= 11 is 6.14. The standard InChI is InChI=1S/C16H21ClN2O3/c1-10-8-13(14(17)9-11(10)2)15(20)18-12(3)16(21)19-4-6-22-7-5-19/h8-9,12H,4-7H2,1-3H3,(H,18,20)/t12-/m1/s1. The molecular weight excluding hydrogens is 304 g/mol. The summed E-state index contributed by atoms with van der Waals surface area (Å²) in [5.41, 5.74) is 2.41. The van der Waals surface area contributed by atoms with Crippen LogP contribution in [0.15, 0.2) is 12.1 Å². The normalized spacial score (nSPS) is 16.3. The summed E-state index contributed by atoms with van der Waals surface area (Å²) in [7, 11) is 0. The Morgan fingerprint density at radius 2 is 1.82 bits per heavy atom. The molecule has 120 valence electrons. The molecule has 1 aliphatic heterocycles. The predicted molar refractivity (Wildman–Crippen MR) is 85.3 cm³/mol. The molecule has 1 atom stereocenters. The molecule has 1 heterocycles. The number of rotatable bonds is 3. The molecule has 0 spiro atoms. The molecule has 5 nitrogen and oxygen atoms in total. The molecule has 1 aliphatic rings. The second kappa shape index (κ2) is 7.11. The van der Waals surface area contributed by atoms with Gasteiger partial charge < -0.3 is 15.0 Å². The minimum atomic E-state index is -0.594. The van der Waals surface area contributed by atoms with E-state index in [-0.39, 0.29) is 11.8 Å². The first-order valence-corrected chi connectivity index (χ1v) is 7.72. The van der Waals surface area contributed by atoms with E-state index in [1.165, 1.54) is 0 Å². The number of ether oxygens (including phenoxy) is 1. The molecule has 1 fully saturated rings. The summed E-state index contributed by atoms with van der Waals surface area (Å²) < 4.78 is 5.22. The van der Waals surface area contributed by atoms with Gasteiger partial charge in [0.05, 0.1) is 23.8 Å². The number of hydrogen-bond acceptors (Lipinski definition) is 3. The number of halogens is 1. The van der Waals surface area contributed by atoms with Crippen LogP contribution in [0.1, 0.15) is 28.4 Å². The van der Waals surface area contributed by atoms with Crippen molar-refractivity contribution in [3.63, 3.8) is 0 Å². The van der Waals surface area contributed by atoms with Gasteiger partial charge in [0.25, 0.3) is 5.91 Å². The Morgan fingerprint density at radius 3 is 2.45 bits per heavy atom. The monoisotopic (exact) mass is 324 g/mol. The first-order chi connectivity index (χ1) is 10.4. The van der Waals surface area contributed by atoms with Crippen molar-refractivity contribution in [3.05, 3.63) is 33.8 Å². The lowest BCUT2D eigenvalue weighted by Gasteiger charge is -2.29. The Morgan fingerprint density at radius 1 is 1.23 bits per heavy atom. The van der Waals surface area contributed by atoms with E-state index in [1.807, 2.05) is 13.8 Å². The molecule has 0 bridgehead atoms. The second-order valence-electron chi connectivity index (χ2n) is 5.55. The number of nitrogens with one attached hydrogen (secondary N) is 1. The van der Waals surface area contributed by atoms with Crippen LogP contribution in [0.5, 0.6) is 0 Å². The lowest BCUT2D eigenvalue weighted by Crippen LogP contribution is -2.50. The van der Waals surface area contributed by atoms with Gasteiger partial charge in [-0.15, -0.1) is 0 Å². The number of benzene rings is 1. The van der Waals surface area contributed by atoms with E-state index < -0.39 is 6.04 Å². The minimum Gasteiger partial charge on any atom is -0.378 e. The van der Waals surface area contributed by atoms with Crippen LogP contribution in [-0.2, 0) is 9.53 Å². The quantitative estimate of drug-likeness (QED) is 0.924. The Hall–Kier alpha value is -1.59. The van der Waals surface area contributed by atoms with Crippen LogP contribution in [-0.4, -0.2) is 49.1 Å². The zero-order chi connectivity index (χ0) is 16.3. The van der Waals surface area contributed by atoms with Gasteiger partial charge >= 0.3 is 0 Å². The van der Waals surface area contributed by atoms with E-state index in [2.05, 4.69) is 5.32 Å². The number of carbonyl (C=O) groups is 2. The summed E-state index contributed by atoms with van der Waals surface area (Å²) in [6.07, 6.45) is 0. The molecule has 2 rings (SSSR count). The summed E-state index contributed by atoms with van der Waals surface area (Å²) in [5, 5.41) is 3.12. The van der Waals surface area contributed by atoms with Crippen molar-refractivity contribution in [1.82, 2.24) is 10.2 Å². The van der Waals surface area contributed by atoms with Crippen LogP contribution in [0, 0.1) is 13.8 Å². The number of carbonyl (C=O) groups excluding carboxylic acids is 2. The topological polar surface area (TPSA) is 58.6 Å². The highest BCUT2D eigenvalue weighted by molar-refractivity contribution is 6.34. The van der Waals surface area contributed by atoms with Crippen molar-refractivity contribution in [2.24, 2.45) is 0 Å². The number of aryl methyl sites for hydroxylation is 2. The number of amides is 2. The first kappa shape index (κ1) is 16.8. The van der Waals surface area contributed by atoms with Crippen LogP contribution in [0.3, 0.4) is 0 Å². The molecule has 0 aliphatic carbocycles. The van der Waals surface area contributed by atoms with Gasteiger partial charge in [-0.2, -0.15) is 0 Å². The van der Waals surface area contributed by atoms with Crippen molar-refractivity contribution < 1.29 is 14.3 Å². The van der Waals surface area contributed by atoms with Crippen molar-refractivity contribution >= 4 is 23.4 Å². The van der Waals surface area contributed by atoms with Gasteiger partial charge in [-0.25, -0.2) is 0 Å². The highest BCUT2D eigenvalue weighted by atomic mass is 35.5. The lowest BCUT2D eigenvalue weighted by molar-refractivity contribution is -0.136. The van der Waals surface area contributed by atoms with Crippen molar-refractivity contribution in [2.75, 3.05) is 26.3 Å². The van der Waals surface area contributed by atoms with Crippen LogP contribution in [0.25, 0.3) is 0 Å². The zero-order valence-corrected chi connectivity index (χ0v) is 13.9. The van der Waals surface area contributed by atoms with Gasteiger partial charge in [0.15, 0.2) is 0 Å².